The molecule has 0 saturated carbocycles. The van der Waals surface area contributed by atoms with E-state index in [0.29, 0.717) is 12.1 Å². The molecule has 0 aliphatic carbocycles. The number of halogens is 1. The van der Waals surface area contributed by atoms with Crippen LogP contribution in [0.1, 0.15) is 25.8 Å². The van der Waals surface area contributed by atoms with Crippen molar-refractivity contribution in [1.29, 1.82) is 5.26 Å². The molecule has 1 aromatic rings. The lowest BCUT2D eigenvalue weighted by Crippen LogP contribution is -2.29. The fourth-order valence-corrected chi connectivity index (χ4v) is 1.72. The Morgan fingerprint density at radius 2 is 2.24 bits per heavy atom. The largest absolute Gasteiger partial charge is 0.396 e. The second kappa shape index (κ2) is 6.04. The smallest absolute Gasteiger partial charge is 0.101 e. The molecule has 17 heavy (non-hydrogen) atoms. The van der Waals surface area contributed by atoms with Crippen LogP contribution < -0.4 is 5.32 Å². The maximum absolute atomic E-state index is 9.33. The van der Waals surface area contributed by atoms with Gasteiger partial charge in [0, 0.05) is 16.4 Å². The van der Waals surface area contributed by atoms with Crippen molar-refractivity contribution in [2.45, 2.75) is 20.3 Å². The maximum Gasteiger partial charge on any atom is 0.101 e. The number of benzene rings is 1. The van der Waals surface area contributed by atoms with Gasteiger partial charge in [0.1, 0.15) is 6.07 Å². The molecule has 2 N–H and O–H groups in total. The first-order valence-electron chi connectivity index (χ1n) is 5.59. The van der Waals surface area contributed by atoms with Crippen LogP contribution in [0.4, 0.5) is 5.69 Å². The normalized spacial score (nSPS) is 13.8. The third-order valence-electron chi connectivity index (χ3n) is 3.04. The highest BCUT2D eigenvalue weighted by Crippen LogP contribution is 2.24. The number of aliphatic hydroxyl groups is 1. The quantitative estimate of drug-likeness (QED) is 0.878. The van der Waals surface area contributed by atoms with Gasteiger partial charge in [-0.25, -0.2) is 0 Å². The Hall–Kier alpha value is -1.05. The highest BCUT2D eigenvalue weighted by atomic mass is 79.9. The average Bonchev–Trinajstić information content (AvgIpc) is 2.36. The molecule has 0 fully saturated rings. The monoisotopic (exact) mass is 296 g/mol. The zero-order valence-electron chi connectivity index (χ0n) is 10.1. The van der Waals surface area contributed by atoms with Crippen LogP contribution in [-0.4, -0.2) is 18.3 Å². The lowest BCUT2D eigenvalue weighted by molar-refractivity contribution is 0.149. The molecule has 92 valence electrons. The van der Waals surface area contributed by atoms with Crippen LogP contribution in [0.25, 0.3) is 0 Å². The summed E-state index contributed by atoms with van der Waals surface area (Å²) in [4.78, 5) is 0. The number of rotatable bonds is 5. The minimum absolute atomic E-state index is 0.131. The van der Waals surface area contributed by atoms with Gasteiger partial charge in [0.15, 0.2) is 0 Å². The van der Waals surface area contributed by atoms with E-state index in [1.165, 1.54) is 0 Å². The molecule has 0 aliphatic heterocycles. The van der Waals surface area contributed by atoms with E-state index in [0.717, 1.165) is 16.6 Å². The van der Waals surface area contributed by atoms with E-state index in [9.17, 15) is 5.11 Å². The predicted octanol–water partition coefficient (Wildman–Crippen LogP) is 3.14. The summed E-state index contributed by atoms with van der Waals surface area (Å²) in [5.74, 6) is 0. The van der Waals surface area contributed by atoms with Gasteiger partial charge < -0.3 is 10.4 Å². The van der Waals surface area contributed by atoms with Gasteiger partial charge in [-0.2, -0.15) is 5.26 Å². The molecule has 1 atom stereocenters. The summed E-state index contributed by atoms with van der Waals surface area (Å²) in [7, 11) is 0. The van der Waals surface area contributed by atoms with E-state index in [-0.39, 0.29) is 12.0 Å². The molecule has 0 aromatic heterocycles. The van der Waals surface area contributed by atoms with E-state index in [1.54, 1.807) is 6.07 Å². The number of nitrogens with zero attached hydrogens (tertiary/aromatic N) is 1. The molecule has 1 unspecified atom stereocenters. The van der Waals surface area contributed by atoms with Crippen LogP contribution in [-0.2, 0) is 0 Å². The molecule has 0 saturated heterocycles. The zero-order valence-corrected chi connectivity index (χ0v) is 11.7. The minimum Gasteiger partial charge on any atom is -0.396 e. The number of nitriles is 1. The Kier molecular flexibility index (Phi) is 4.98. The summed E-state index contributed by atoms with van der Waals surface area (Å²) >= 11 is 3.38. The van der Waals surface area contributed by atoms with Crippen LogP contribution >= 0.6 is 15.9 Å². The van der Waals surface area contributed by atoms with Gasteiger partial charge in [-0.1, -0.05) is 29.8 Å². The second-order valence-corrected chi connectivity index (χ2v) is 5.39. The molecule has 0 bridgehead atoms. The molecule has 4 heteroatoms. The van der Waals surface area contributed by atoms with Crippen LogP contribution in [0.2, 0.25) is 0 Å². The van der Waals surface area contributed by atoms with Crippen molar-refractivity contribution in [3.8, 4) is 6.07 Å². The van der Waals surface area contributed by atoms with Crippen molar-refractivity contribution in [2.24, 2.45) is 5.41 Å². The predicted molar refractivity (Wildman–Crippen MR) is 72.8 cm³/mol. The van der Waals surface area contributed by atoms with Gasteiger partial charge in [0.05, 0.1) is 17.9 Å². The lowest BCUT2D eigenvalue weighted by Gasteiger charge is -2.26. The fraction of sp³-hybridized carbons (Fsp3) is 0.462. The summed E-state index contributed by atoms with van der Waals surface area (Å²) in [5, 5.41) is 21.6. The summed E-state index contributed by atoms with van der Waals surface area (Å²) in [6.45, 7) is 4.84. The zero-order chi connectivity index (χ0) is 12.9. The van der Waals surface area contributed by atoms with E-state index >= 15 is 0 Å². The van der Waals surface area contributed by atoms with Gasteiger partial charge in [-0.15, -0.1) is 0 Å². The highest BCUT2D eigenvalue weighted by Gasteiger charge is 2.21. The first-order valence-corrected chi connectivity index (χ1v) is 6.38. The van der Waals surface area contributed by atoms with E-state index in [4.69, 9.17) is 5.26 Å². The van der Waals surface area contributed by atoms with Gasteiger partial charge in [-0.3, -0.25) is 0 Å². The minimum atomic E-state index is -0.158. The average molecular weight is 297 g/mol. The molecule has 0 spiro atoms. The third kappa shape index (κ3) is 3.72. The van der Waals surface area contributed by atoms with E-state index in [1.807, 2.05) is 26.0 Å². The van der Waals surface area contributed by atoms with Crippen LogP contribution in [0.15, 0.2) is 22.7 Å². The van der Waals surface area contributed by atoms with E-state index in [2.05, 4.69) is 27.3 Å². The number of hydrogen-bond donors (Lipinski definition) is 2. The Morgan fingerprint density at radius 3 is 2.76 bits per heavy atom. The van der Waals surface area contributed by atoms with Crippen LogP contribution in [0.3, 0.4) is 0 Å². The SMILES string of the molecule is CCC(C)(CO)CNc1cc(Br)ccc1C#N. The molecule has 1 aromatic carbocycles. The van der Waals surface area contributed by atoms with Gasteiger partial charge in [0.2, 0.25) is 0 Å². The van der Waals surface area contributed by atoms with Crippen molar-refractivity contribution >= 4 is 21.6 Å². The highest BCUT2D eigenvalue weighted by molar-refractivity contribution is 9.10. The van der Waals surface area contributed by atoms with Gasteiger partial charge in [0.25, 0.3) is 0 Å². The Balaban J connectivity index is 2.82. The third-order valence-corrected chi connectivity index (χ3v) is 3.54. The molecule has 0 heterocycles. The molecular weight excluding hydrogens is 280 g/mol. The van der Waals surface area contributed by atoms with Crippen molar-refractivity contribution in [2.75, 3.05) is 18.5 Å². The van der Waals surface area contributed by atoms with Crippen molar-refractivity contribution in [3.05, 3.63) is 28.2 Å². The summed E-state index contributed by atoms with van der Waals surface area (Å²) in [6, 6.07) is 7.64. The van der Waals surface area contributed by atoms with Crippen LogP contribution in [0.5, 0.6) is 0 Å². The van der Waals surface area contributed by atoms with Gasteiger partial charge in [-0.05, 0) is 24.6 Å². The Bertz CT molecular complexity index is 422. The fourth-order valence-electron chi connectivity index (χ4n) is 1.36. The molecule has 3 nitrogen and oxygen atoms in total. The van der Waals surface area contributed by atoms with Gasteiger partial charge >= 0.3 is 0 Å². The second-order valence-electron chi connectivity index (χ2n) is 4.48. The Labute approximate surface area is 111 Å². The van der Waals surface area contributed by atoms with Crippen molar-refractivity contribution < 1.29 is 5.11 Å². The number of hydrogen-bond acceptors (Lipinski definition) is 3. The molecular formula is C13H17BrN2O. The number of nitrogens with one attached hydrogen (secondary N) is 1. The first-order chi connectivity index (χ1) is 8.04. The number of anilines is 1. The molecule has 0 amide bonds. The molecule has 1 rings (SSSR count). The van der Waals surface area contributed by atoms with Crippen molar-refractivity contribution in [1.82, 2.24) is 0 Å². The lowest BCUT2D eigenvalue weighted by atomic mass is 9.88. The standard InChI is InChI=1S/C13H17BrN2O/c1-3-13(2,9-17)8-16-12-6-11(14)5-4-10(12)7-15/h4-6,16-17H,3,8-9H2,1-2H3. The molecule has 0 aliphatic rings. The summed E-state index contributed by atoms with van der Waals surface area (Å²) < 4.78 is 0.932. The van der Waals surface area contributed by atoms with E-state index < -0.39 is 0 Å². The molecule has 0 radical (unpaired) electrons. The van der Waals surface area contributed by atoms with Crippen molar-refractivity contribution in [3.63, 3.8) is 0 Å². The topological polar surface area (TPSA) is 56.0 Å². The Morgan fingerprint density at radius 1 is 1.53 bits per heavy atom. The maximum atomic E-state index is 9.33. The summed E-state index contributed by atoms with van der Waals surface area (Å²) in [5.41, 5.74) is 1.26. The number of aliphatic hydroxyl groups excluding tert-OH is 1. The van der Waals surface area contributed by atoms with Crippen LogP contribution in [0, 0.1) is 16.7 Å². The summed E-state index contributed by atoms with van der Waals surface area (Å²) in [6.07, 6.45) is 0.881. The first kappa shape index (κ1) is 14.0.